The summed E-state index contributed by atoms with van der Waals surface area (Å²) in [5.74, 6) is -8.25. The Hall–Kier alpha value is -1.42. The second-order valence-electron chi connectivity index (χ2n) is 4.35. The number of carboxylic acids is 1. The molecule has 2 N–H and O–H groups in total. The highest BCUT2D eigenvalue weighted by molar-refractivity contribution is 7.80. The van der Waals surface area contributed by atoms with Crippen molar-refractivity contribution in [2.45, 2.75) is 24.2 Å². The van der Waals surface area contributed by atoms with Gasteiger partial charge in [-0.3, -0.25) is 10.1 Å². The highest BCUT2D eigenvalue weighted by Crippen LogP contribution is 2.44. The average molecular weight is 347 g/mol. The van der Waals surface area contributed by atoms with Gasteiger partial charge in [0.2, 0.25) is 0 Å². The summed E-state index contributed by atoms with van der Waals surface area (Å²) in [6.45, 7) is 0. The Labute approximate surface area is 126 Å². The predicted molar refractivity (Wildman–Crippen MR) is 68.6 cm³/mol. The lowest BCUT2D eigenvalue weighted by molar-refractivity contribution is -0.294. The monoisotopic (exact) mass is 347 g/mol. The number of carboxylic acid groups (broad SMARTS) is 1. The van der Waals surface area contributed by atoms with Crippen molar-refractivity contribution < 1.29 is 36.2 Å². The molecule has 124 valence electrons. The predicted octanol–water partition coefficient (Wildman–Crippen LogP) is 3.04. The van der Waals surface area contributed by atoms with Crippen molar-refractivity contribution in [3.05, 3.63) is 35.6 Å². The van der Waals surface area contributed by atoms with E-state index in [9.17, 15) is 31.1 Å². The molecule has 0 bridgehead atoms. The van der Waals surface area contributed by atoms with Crippen LogP contribution in [0.1, 0.15) is 11.6 Å². The summed E-state index contributed by atoms with van der Waals surface area (Å²) in [5, 5.41) is 10.5. The Morgan fingerprint density at radius 3 is 2.05 bits per heavy atom. The number of nitrogens with one attached hydrogen (secondary N) is 1. The summed E-state index contributed by atoms with van der Waals surface area (Å²) in [7, 11) is 0. The number of rotatable bonds is 6. The molecule has 0 aliphatic rings. The smallest absolute Gasteiger partial charge is 0.455 e. The van der Waals surface area contributed by atoms with Gasteiger partial charge in [-0.1, -0.05) is 12.1 Å². The lowest BCUT2D eigenvalue weighted by atomic mass is 9.99. The largest absolute Gasteiger partial charge is 0.480 e. The molecule has 0 saturated carbocycles. The number of hydrogen-bond acceptors (Lipinski definition) is 3. The van der Waals surface area contributed by atoms with Crippen LogP contribution in [0.4, 0.5) is 26.3 Å². The highest BCUT2D eigenvalue weighted by atomic mass is 32.1. The zero-order valence-corrected chi connectivity index (χ0v) is 11.6. The number of halogens is 6. The molecule has 0 spiro atoms. The van der Waals surface area contributed by atoms with E-state index in [0.29, 0.717) is 12.1 Å². The van der Waals surface area contributed by atoms with Crippen LogP contribution in [0.3, 0.4) is 0 Å². The van der Waals surface area contributed by atoms with E-state index in [2.05, 4.69) is 12.6 Å². The SMILES string of the molecule is O=C(O)[C@H](CS)N[C@@H](c1ccc(F)cc1)C(F)(F)C(F)(F)F. The van der Waals surface area contributed by atoms with E-state index in [1.165, 1.54) is 0 Å². The molecular weight excluding hydrogens is 336 g/mol. The summed E-state index contributed by atoms with van der Waals surface area (Å²) >= 11 is 3.60. The minimum Gasteiger partial charge on any atom is -0.480 e. The van der Waals surface area contributed by atoms with Gasteiger partial charge in [-0.15, -0.1) is 0 Å². The third-order valence-corrected chi connectivity index (χ3v) is 3.16. The Balaban J connectivity index is 3.26. The Morgan fingerprint density at radius 1 is 1.18 bits per heavy atom. The van der Waals surface area contributed by atoms with E-state index in [1.807, 2.05) is 0 Å². The molecule has 22 heavy (non-hydrogen) atoms. The van der Waals surface area contributed by atoms with Crippen LogP contribution in [0, 0.1) is 5.82 Å². The van der Waals surface area contributed by atoms with Crippen LogP contribution in [-0.2, 0) is 4.79 Å². The van der Waals surface area contributed by atoms with Gasteiger partial charge in [0.1, 0.15) is 17.9 Å². The molecular formula is C12H11F6NO2S. The molecule has 0 saturated heterocycles. The number of alkyl halides is 5. The summed E-state index contributed by atoms with van der Waals surface area (Å²) in [6.07, 6.45) is -5.92. The first-order valence-corrected chi connectivity index (χ1v) is 6.43. The van der Waals surface area contributed by atoms with Crippen LogP contribution in [0.2, 0.25) is 0 Å². The first-order valence-electron chi connectivity index (χ1n) is 5.80. The first kappa shape index (κ1) is 18.6. The van der Waals surface area contributed by atoms with E-state index < -0.39 is 47.3 Å². The van der Waals surface area contributed by atoms with E-state index in [1.54, 1.807) is 5.32 Å². The molecule has 1 rings (SSSR count). The van der Waals surface area contributed by atoms with E-state index in [0.717, 1.165) is 12.1 Å². The van der Waals surface area contributed by atoms with Crippen molar-refractivity contribution in [2.75, 3.05) is 5.75 Å². The number of carbonyl (C=O) groups is 1. The normalized spacial score (nSPS) is 15.4. The fraction of sp³-hybridized carbons (Fsp3) is 0.417. The maximum Gasteiger partial charge on any atom is 0.455 e. The molecule has 0 radical (unpaired) electrons. The molecule has 1 aromatic rings. The van der Waals surface area contributed by atoms with Crippen LogP contribution in [-0.4, -0.2) is 35.0 Å². The topological polar surface area (TPSA) is 49.3 Å². The molecule has 3 nitrogen and oxygen atoms in total. The minimum atomic E-state index is -5.92. The number of aliphatic carboxylic acids is 1. The van der Waals surface area contributed by atoms with Crippen molar-refractivity contribution in [3.63, 3.8) is 0 Å². The lowest BCUT2D eigenvalue weighted by Gasteiger charge is -2.31. The first-order chi connectivity index (χ1) is 10.0. The average Bonchev–Trinajstić information content (AvgIpc) is 2.39. The maximum atomic E-state index is 13.6. The van der Waals surface area contributed by atoms with Crippen molar-refractivity contribution in [3.8, 4) is 0 Å². The number of hydrogen-bond donors (Lipinski definition) is 3. The van der Waals surface area contributed by atoms with Gasteiger partial charge in [-0.05, 0) is 17.7 Å². The molecule has 0 aliphatic carbocycles. The van der Waals surface area contributed by atoms with Crippen molar-refractivity contribution in [2.24, 2.45) is 0 Å². The fourth-order valence-corrected chi connectivity index (χ4v) is 1.89. The standard InChI is InChI=1S/C12H11F6NO2S/c13-7-3-1-6(2-4-7)9(11(14,15)12(16,17)18)19-8(5-22)10(20)21/h1-4,8-9,19,22H,5H2,(H,20,21)/t8-,9-/m0/s1. The van der Waals surface area contributed by atoms with Gasteiger partial charge in [0.25, 0.3) is 0 Å². The molecule has 0 unspecified atom stereocenters. The summed E-state index contributed by atoms with van der Waals surface area (Å²) < 4.78 is 77.8. The Morgan fingerprint density at radius 2 is 1.68 bits per heavy atom. The third-order valence-electron chi connectivity index (χ3n) is 2.79. The number of thiol groups is 1. The van der Waals surface area contributed by atoms with Crippen molar-refractivity contribution >= 4 is 18.6 Å². The molecule has 10 heteroatoms. The second-order valence-corrected chi connectivity index (χ2v) is 4.71. The van der Waals surface area contributed by atoms with E-state index in [-0.39, 0.29) is 0 Å². The Kier molecular flexibility index (Phi) is 5.74. The zero-order chi connectivity index (χ0) is 17.1. The van der Waals surface area contributed by atoms with Gasteiger partial charge in [0.15, 0.2) is 0 Å². The van der Waals surface area contributed by atoms with Crippen LogP contribution in [0.5, 0.6) is 0 Å². The third kappa shape index (κ3) is 4.07. The summed E-state index contributed by atoms with van der Waals surface area (Å²) in [6, 6.07) is -1.58. The van der Waals surface area contributed by atoms with Crippen molar-refractivity contribution in [1.82, 2.24) is 5.32 Å². The van der Waals surface area contributed by atoms with Crippen LogP contribution in [0.25, 0.3) is 0 Å². The van der Waals surface area contributed by atoms with Crippen LogP contribution < -0.4 is 5.32 Å². The zero-order valence-electron chi connectivity index (χ0n) is 10.7. The maximum absolute atomic E-state index is 13.6. The van der Waals surface area contributed by atoms with Crippen molar-refractivity contribution in [1.29, 1.82) is 0 Å². The fourth-order valence-electron chi connectivity index (χ4n) is 1.63. The quantitative estimate of drug-likeness (QED) is 0.548. The van der Waals surface area contributed by atoms with Gasteiger partial charge in [0, 0.05) is 5.75 Å². The van der Waals surface area contributed by atoms with E-state index >= 15 is 0 Å². The van der Waals surface area contributed by atoms with E-state index in [4.69, 9.17) is 5.11 Å². The summed E-state index contributed by atoms with van der Waals surface area (Å²) in [5.41, 5.74) is -0.600. The number of benzene rings is 1. The van der Waals surface area contributed by atoms with Gasteiger partial charge >= 0.3 is 18.1 Å². The lowest BCUT2D eigenvalue weighted by Crippen LogP contribution is -2.52. The molecule has 0 amide bonds. The second kappa shape index (κ2) is 6.78. The molecule has 0 aliphatic heterocycles. The minimum absolute atomic E-state index is 0.513. The molecule has 0 fully saturated rings. The molecule has 0 heterocycles. The molecule has 0 aromatic heterocycles. The van der Waals surface area contributed by atoms with Gasteiger partial charge in [-0.25, -0.2) is 4.39 Å². The van der Waals surface area contributed by atoms with Gasteiger partial charge in [-0.2, -0.15) is 34.6 Å². The Bertz CT molecular complexity index is 519. The van der Waals surface area contributed by atoms with Gasteiger partial charge in [0.05, 0.1) is 0 Å². The molecule has 1 aromatic carbocycles. The van der Waals surface area contributed by atoms with Crippen LogP contribution >= 0.6 is 12.6 Å². The highest BCUT2D eigenvalue weighted by Gasteiger charge is 2.63. The summed E-state index contributed by atoms with van der Waals surface area (Å²) in [4.78, 5) is 10.8. The van der Waals surface area contributed by atoms with Gasteiger partial charge < -0.3 is 5.11 Å². The van der Waals surface area contributed by atoms with Crippen LogP contribution in [0.15, 0.2) is 24.3 Å². The molecule has 2 atom stereocenters.